The average molecular weight is 445 g/mol. The highest BCUT2D eigenvalue weighted by molar-refractivity contribution is 7.09. The van der Waals surface area contributed by atoms with Crippen molar-refractivity contribution in [2.75, 3.05) is 16.0 Å². The van der Waals surface area contributed by atoms with Crippen LogP contribution in [0.5, 0.6) is 0 Å². The Morgan fingerprint density at radius 2 is 1.69 bits per heavy atom. The number of urea groups is 1. The summed E-state index contributed by atoms with van der Waals surface area (Å²) in [5.74, 6) is -0.109. The minimum atomic E-state index is -0.426. The van der Waals surface area contributed by atoms with E-state index in [1.54, 1.807) is 30.3 Å². The summed E-state index contributed by atoms with van der Waals surface area (Å²) in [5.41, 5.74) is 4.04. The molecule has 2 aromatic carbocycles. The molecule has 1 aliphatic rings. The summed E-state index contributed by atoms with van der Waals surface area (Å²) in [7, 11) is 0. The highest BCUT2D eigenvalue weighted by Gasteiger charge is 2.17. The average Bonchev–Trinajstić information content (AvgIpc) is 3.00. The Labute approximate surface area is 180 Å². The molecule has 0 atom stereocenters. The van der Waals surface area contributed by atoms with Crippen LogP contribution in [0.4, 0.5) is 27.5 Å². The van der Waals surface area contributed by atoms with Crippen LogP contribution in [-0.2, 0) is 4.79 Å². The van der Waals surface area contributed by atoms with Crippen molar-refractivity contribution in [3.8, 4) is 0 Å². The number of anilines is 3. The van der Waals surface area contributed by atoms with Crippen LogP contribution in [0.25, 0.3) is 0 Å². The van der Waals surface area contributed by atoms with E-state index in [0.717, 1.165) is 16.9 Å². The van der Waals surface area contributed by atoms with Gasteiger partial charge in [0, 0.05) is 32.2 Å². The van der Waals surface area contributed by atoms with Crippen molar-refractivity contribution in [3.05, 3.63) is 68.8 Å². The van der Waals surface area contributed by atoms with E-state index in [-0.39, 0.29) is 12.3 Å². The number of carbonyl (C=O) groups excluding carboxylic acids is 2. The largest absolute Gasteiger partial charge is 0.323 e. The van der Waals surface area contributed by atoms with Crippen molar-refractivity contribution >= 4 is 74.9 Å². The zero-order valence-corrected chi connectivity index (χ0v) is 17.2. The second kappa shape index (κ2) is 8.24. The quantitative estimate of drug-likeness (QED) is 0.451. The first-order chi connectivity index (χ1) is 14.0. The number of rotatable bonds is 3. The molecular weight excluding hydrogens is 431 g/mol. The van der Waals surface area contributed by atoms with Crippen LogP contribution in [0.3, 0.4) is 0 Å². The molecule has 3 N–H and O–H groups in total. The SMILES string of the molecule is O=C1CC(c2ccc(NC(=O)Nc3cc(Cl)cc(Cl)c3)cc2)=Nc2cscc2N1. The molecule has 3 amide bonds. The van der Waals surface area contributed by atoms with Crippen molar-refractivity contribution < 1.29 is 9.59 Å². The number of fused-ring (bicyclic) bond motifs is 1. The van der Waals surface area contributed by atoms with Gasteiger partial charge in [-0.1, -0.05) is 35.3 Å². The molecule has 146 valence electrons. The molecule has 1 aromatic heterocycles. The number of halogens is 2. The maximum atomic E-state index is 12.2. The predicted molar refractivity (Wildman–Crippen MR) is 119 cm³/mol. The Balaban J connectivity index is 1.46. The molecule has 1 aliphatic heterocycles. The first-order valence-electron chi connectivity index (χ1n) is 8.54. The van der Waals surface area contributed by atoms with Gasteiger partial charge in [-0.05, 0) is 35.9 Å². The number of hydrogen-bond acceptors (Lipinski definition) is 4. The fourth-order valence-corrected chi connectivity index (χ4v) is 4.05. The van der Waals surface area contributed by atoms with Gasteiger partial charge in [-0.2, -0.15) is 0 Å². The van der Waals surface area contributed by atoms with Crippen LogP contribution in [-0.4, -0.2) is 17.6 Å². The third-order valence-corrected chi connectivity index (χ3v) is 5.26. The normalized spacial score (nSPS) is 13.0. The maximum absolute atomic E-state index is 12.2. The fourth-order valence-electron chi connectivity index (χ4n) is 2.83. The number of carbonyl (C=O) groups is 2. The van der Waals surface area contributed by atoms with Gasteiger partial charge >= 0.3 is 6.03 Å². The Morgan fingerprint density at radius 3 is 2.41 bits per heavy atom. The van der Waals surface area contributed by atoms with Crippen molar-refractivity contribution in [1.29, 1.82) is 0 Å². The van der Waals surface area contributed by atoms with Gasteiger partial charge in [0.25, 0.3) is 0 Å². The van der Waals surface area contributed by atoms with Gasteiger partial charge in [-0.3, -0.25) is 4.79 Å². The molecule has 0 saturated heterocycles. The lowest BCUT2D eigenvalue weighted by Crippen LogP contribution is -2.19. The second-order valence-corrected chi connectivity index (χ2v) is 7.89. The van der Waals surface area contributed by atoms with E-state index in [9.17, 15) is 9.59 Å². The number of benzene rings is 2. The molecule has 29 heavy (non-hydrogen) atoms. The van der Waals surface area contributed by atoms with Crippen LogP contribution in [0, 0.1) is 0 Å². The molecular formula is C20H14Cl2N4O2S. The number of nitrogens with one attached hydrogen (secondary N) is 3. The molecule has 0 fully saturated rings. The van der Waals surface area contributed by atoms with Crippen molar-refractivity contribution in [2.45, 2.75) is 6.42 Å². The molecule has 0 aliphatic carbocycles. The molecule has 6 nitrogen and oxygen atoms in total. The minimum Gasteiger partial charge on any atom is -0.323 e. The first kappa shape index (κ1) is 19.4. The van der Waals surface area contributed by atoms with Crippen LogP contribution >= 0.6 is 34.5 Å². The minimum absolute atomic E-state index is 0.109. The van der Waals surface area contributed by atoms with E-state index < -0.39 is 6.03 Å². The Morgan fingerprint density at radius 1 is 1.00 bits per heavy atom. The van der Waals surface area contributed by atoms with Gasteiger partial charge in [0.15, 0.2) is 0 Å². The summed E-state index contributed by atoms with van der Waals surface area (Å²) in [4.78, 5) is 28.9. The summed E-state index contributed by atoms with van der Waals surface area (Å²) in [5, 5.41) is 12.9. The van der Waals surface area contributed by atoms with Crippen LogP contribution in [0.1, 0.15) is 12.0 Å². The molecule has 4 rings (SSSR count). The molecule has 0 spiro atoms. The van der Waals surface area contributed by atoms with Gasteiger partial charge in [0.05, 0.1) is 23.5 Å². The van der Waals surface area contributed by atoms with Crippen molar-refractivity contribution in [2.24, 2.45) is 4.99 Å². The van der Waals surface area contributed by atoms with Gasteiger partial charge < -0.3 is 16.0 Å². The second-order valence-electron chi connectivity index (χ2n) is 6.27. The third-order valence-electron chi connectivity index (χ3n) is 4.10. The lowest BCUT2D eigenvalue weighted by atomic mass is 10.1. The van der Waals surface area contributed by atoms with Crippen molar-refractivity contribution in [3.63, 3.8) is 0 Å². The predicted octanol–water partition coefficient (Wildman–Crippen LogP) is 6.16. The Hall–Kier alpha value is -2.87. The van der Waals surface area contributed by atoms with E-state index in [0.29, 0.717) is 27.1 Å². The first-order valence-corrected chi connectivity index (χ1v) is 10.2. The van der Waals surface area contributed by atoms with Gasteiger partial charge in [0.1, 0.15) is 0 Å². The summed E-state index contributed by atoms with van der Waals surface area (Å²) in [6.07, 6.45) is 0.183. The van der Waals surface area contributed by atoms with Crippen LogP contribution in [0.2, 0.25) is 10.0 Å². The van der Waals surface area contributed by atoms with E-state index in [4.69, 9.17) is 23.2 Å². The third kappa shape index (κ3) is 4.76. The van der Waals surface area contributed by atoms with Gasteiger partial charge in [-0.25, -0.2) is 9.79 Å². The smallest absolute Gasteiger partial charge is 0.323 e. The number of hydrogen-bond donors (Lipinski definition) is 3. The Bertz CT molecular complexity index is 1110. The topological polar surface area (TPSA) is 82.6 Å². The zero-order chi connectivity index (χ0) is 20.4. The van der Waals surface area contributed by atoms with Gasteiger partial charge in [-0.15, -0.1) is 11.3 Å². The van der Waals surface area contributed by atoms with Crippen LogP contribution in [0.15, 0.2) is 58.2 Å². The van der Waals surface area contributed by atoms with E-state index >= 15 is 0 Å². The summed E-state index contributed by atoms with van der Waals surface area (Å²) in [6.45, 7) is 0. The van der Waals surface area contributed by atoms with Crippen molar-refractivity contribution in [1.82, 2.24) is 0 Å². The summed E-state index contributed by atoms with van der Waals surface area (Å²) < 4.78 is 0. The maximum Gasteiger partial charge on any atom is 0.323 e. The highest BCUT2D eigenvalue weighted by Crippen LogP contribution is 2.32. The lowest BCUT2D eigenvalue weighted by molar-refractivity contribution is -0.115. The molecule has 0 bridgehead atoms. The Kier molecular flexibility index (Phi) is 5.53. The summed E-state index contributed by atoms with van der Waals surface area (Å²) in [6, 6.07) is 11.5. The molecule has 0 saturated carbocycles. The van der Waals surface area contributed by atoms with Gasteiger partial charge in [0.2, 0.25) is 5.91 Å². The molecule has 9 heteroatoms. The van der Waals surface area contributed by atoms with Crippen LogP contribution < -0.4 is 16.0 Å². The standard InChI is InChI=1S/C20H14Cl2N4O2S/c21-12-5-13(22)7-15(6-12)24-20(28)23-14-3-1-11(2-4-14)16-8-19(27)26-18-10-29-9-17(18)25-16/h1-7,9-10H,8H2,(H,26,27)(H2,23,24,28). The number of aliphatic imine (C=N–C) groups is 1. The highest BCUT2D eigenvalue weighted by atomic mass is 35.5. The molecule has 3 aromatic rings. The van der Waals surface area contributed by atoms with E-state index in [1.165, 1.54) is 11.3 Å². The fraction of sp³-hybridized carbons (Fsp3) is 0.0500. The monoisotopic (exact) mass is 444 g/mol. The number of thiophene rings is 1. The van der Waals surface area contributed by atoms with E-state index in [2.05, 4.69) is 20.9 Å². The number of nitrogens with zero attached hydrogens (tertiary/aromatic N) is 1. The molecule has 2 heterocycles. The summed E-state index contributed by atoms with van der Waals surface area (Å²) >= 11 is 13.4. The zero-order valence-electron chi connectivity index (χ0n) is 14.8. The van der Waals surface area contributed by atoms with E-state index in [1.807, 2.05) is 22.9 Å². The molecule has 0 unspecified atom stereocenters. The molecule has 0 radical (unpaired) electrons. The lowest BCUT2D eigenvalue weighted by Gasteiger charge is -2.09. The number of amides is 3.